The Morgan fingerprint density at radius 2 is 1.40 bits per heavy atom. The molecule has 0 fully saturated rings. The number of aromatic nitrogens is 1. The predicted molar refractivity (Wildman–Crippen MR) is 115 cm³/mol. The molecule has 1 heterocycles. The molecule has 0 saturated carbocycles. The summed E-state index contributed by atoms with van der Waals surface area (Å²) in [6.45, 7) is 0. The molecule has 146 valence electrons. The summed E-state index contributed by atoms with van der Waals surface area (Å²) in [6, 6.07) is 23.7. The standard InChI is InChI=1S/C26H19NO3/c28-23(16-8-2-1-3-9-16)14-20(21-15-27-22-13-7-6-10-17(21)22)24-25(29)18-11-4-5-12-19(18)26(24)30/h1-13,15,20,24,27H,14H2/t20-/m1/s1. The molecule has 0 radical (unpaired) electrons. The van der Waals surface area contributed by atoms with Gasteiger partial charge in [-0.05, 0) is 11.6 Å². The van der Waals surface area contributed by atoms with E-state index in [1.165, 1.54) is 0 Å². The summed E-state index contributed by atoms with van der Waals surface area (Å²) in [5.41, 5.74) is 3.22. The molecule has 4 nitrogen and oxygen atoms in total. The number of carbonyl (C=O) groups is 3. The van der Waals surface area contributed by atoms with Gasteiger partial charge in [0, 0.05) is 46.1 Å². The number of fused-ring (bicyclic) bond motifs is 2. The zero-order valence-corrected chi connectivity index (χ0v) is 16.2. The highest BCUT2D eigenvalue weighted by Crippen LogP contribution is 2.41. The van der Waals surface area contributed by atoms with Crippen LogP contribution >= 0.6 is 0 Å². The van der Waals surface area contributed by atoms with Crippen LogP contribution in [0.4, 0.5) is 0 Å². The number of rotatable bonds is 5. The van der Waals surface area contributed by atoms with Gasteiger partial charge < -0.3 is 4.98 Å². The number of aromatic amines is 1. The summed E-state index contributed by atoms with van der Waals surface area (Å²) in [7, 11) is 0. The van der Waals surface area contributed by atoms with Gasteiger partial charge in [-0.3, -0.25) is 14.4 Å². The average molecular weight is 393 g/mol. The second-order valence-electron chi connectivity index (χ2n) is 7.64. The van der Waals surface area contributed by atoms with Crippen molar-refractivity contribution >= 4 is 28.3 Å². The van der Waals surface area contributed by atoms with Crippen LogP contribution in [0.15, 0.2) is 85.1 Å². The van der Waals surface area contributed by atoms with E-state index < -0.39 is 11.8 Å². The van der Waals surface area contributed by atoms with Crippen molar-refractivity contribution in [2.75, 3.05) is 0 Å². The number of Topliss-reactive ketones (excluding diaryl/α,β-unsaturated/α-hetero) is 3. The molecule has 0 amide bonds. The Labute approximate surface area is 173 Å². The number of H-pyrrole nitrogens is 1. The first-order valence-electron chi connectivity index (χ1n) is 9.97. The third kappa shape index (κ3) is 2.89. The molecule has 3 aromatic carbocycles. The maximum absolute atomic E-state index is 13.3. The Kier molecular flexibility index (Phi) is 4.40. The molecule has 1 atom stereocenters. The van der Waals surface area contributed by atoms with E-state index in [-0.39, 0.29) is 23.8 Å². The van der Waals surface area contributed by atoms with Crippen molar-refractivity contribution in [1.29, 1.82) is 0 Å². The molecule has 0 unspecified atom stereocenters. The van der Waals surface area contributed by atoms with E-state index in [0.717, 1.165) is 16.5 Å². The van der Waals surface area contributed by atoms with Crippen molar-refractivity contribution in [3.63, 3.8) is 0 Å². The third-order valence-electron chi connectivity index (χ3n) is 5.95. The summed E-state index contributed by atoms with van der Waals surface area (Å²) in [4.78, 5) is 42.8. The van der Waals surface area contributed by atoms with Crippen molar-refractivity contribution in [3.05, 3.63) is 107 Å². The van der Waals surface area contributed by atoms with Crippen molar-refractivity contribution in [3.8, 4) is 0 Å². The van der Waals surface area contributed by atoms with Crippen LogP contribution in [0.1, 0.15) is 49.0 Å². The molecule has 0 aliphatic heterocycles. The van der Waals surface area contributed by atoms with Crippen LogP contribution in [0.5, 0.6) is 0 Å². The van der Waals surface area contributed by atoms with Gasteiger partial charge in [-0.15, -0.1) is 0 Å². The summed E-state index contributed by atoms with van der Waals surface area (Å²) in [5.74, 6) is -1.92. The normalized spacial score (nSPS) is 14.8. The molecule has 1 aliphatic rings. The van der Waals surface area contributed by atoms with Crippen LogP contribution in [-0.4, -0.2) is 22.3 Å². The fourth-order valence-corrected chi connectivity index (χ4v) is 4.48. The van der Waals surface area contributed by atoms with E-state index in [1.54, 1.807) is 36.4 Å². The summed E-state index contributed by atoms with van der Waals surface area (Å²) in [6.07, 6.45) is 1.92. The summed E-state index contributed by atoms with van der Waals surface area (Å²) >= 11 is 0. The van der Waals surface area contributed by atoms with Crippen LogP contribution in [0.2, 0.25) is 0 Å². The summed E-state index contributed by atoms with van der Waals surface area (Å²) < 4.78 is 0. The lowest BCUT2D eigenvalue weighted by atomic mass is 9.78. The zero-order valence-electron chi connectivity index (χ0n) is 16.2. The first-order chi connectivity index (χ1) is 14.6. The van der Waals surface area contributed by atoms with E-state index in [9.17, 15) is 14.4 Å². The highest BCUT2D eigenvalue weighted by Gasteiger charge is 2.44. The molecule has 30 heavy (non-hydrogen) atoms. The molecule has 0 saturated heterocycles. The highest BCUT2D eigenvalue weighted by atomic mass is 16.2. The van der Waals surface area contributed by atoms with Crippen LogP contribution < -0.4 is 0 Å². The molecule has 0 spiro atoms. The van der Waals surface area contributed by atoms with Crippen LogP contribution in [0, 0.1) is 5.92 Å². The Morgan fingerprint density at radius 1 is 0.800 bits per heavy atom. The lowest BCUT2D eigenvalue weighted by molar-refractivity contribution is 0.0803. The van der Waals surface area contributed by atoms with E-state index in [2.05, 4.69) is 4.98 Å². The first-order valence-corrected chi connectivity index (χ1v) is 9.97. The number of hydrogen-bond acceptors (Lipinski definition) is 3. The number of para-hydroxylation sites is 1. The number of nitrogens with one attached hydrogen (secondary N) is 1. The molecular formula is C26H19NO3. The highest BCUT2D eigenvalue weighted by molar-refractivity contribution is 6.27. The lowest BCUT2D eigenvalue weighted by Crippen LogP contribution is -2.26. The number of hydrogen-bond donors (Lipinski definition) is 1. The number of carbonyl (C=O) groups excluding carboxylic acids is 3. The minimum Gasteiger partial charge on any atom is -0.361 e. The summed E-state index contributed by atoms with van der Waals surface area (Å²) in [5, 5.41) is 0.930. The molecule has 0 bridgehead atoms. The lowest BCUT2D eigenvalue weighted by Gasteiger charge is -2.21. The van der Waals surface area contributed by atoms with E-state index in [0.29, 0.717) is 16.7 Å². The van der Waals surface area contributed by atoms with E-state index >= 15 is 0 Å². The Balaban J connectivity index is 1.61. The van der Waals surface area contributed by atoms with Gasteiger partial charge in [-0.1, -0.05) is 72.8 Å². The Morgan fingerprint density at radius 3 is 2.10 bits per heavy atom. The SMILES string of the molecule is O=C(C[C@H](c1c[nH]c2ccccc12)C1C(=O)c2ccccc2C1=O)c1ccccc1. The third-order valence-corrected chi connectivity index (χ3v) is 5.95. The Hall–Kier alpha value is -3.79. The molecule has 1 aromatic heterocycles. The van der Waals surface area contributed by atoms with Gasteiger partial charge >= 0.3 is 0 Å². The van der Waals surface area contributed by atoms with Gasteiger partial charge in [-0.25, -0.2) is 0 Å². The van der Waals surface area contributed by atoms with Gasteiger partial charge in [-0.2, -0.15) is 0 Å². The van der Waals surface area contributed by atoms with Crippen molar-refractivity contribution < 1.29 is 14.4 Å². The quantitative estimate of drug-likeness (QED) is 0.373. The molecule has 1 aliphatic carbocycles. The van der Waals surface area contributed by atoms with Crippen LogP contribution in [-0.2, 0) is 0 Å². The molecule has 5 rings (SSSR count). The van der Waals surface area contributed by atoms with E-state index in [1.807, 2.05) is 48.7 Å². The molecule has 4 aromatic rings. The topological polar surface area (TPSA) is 67.0 Å². The van der Waals surface area contributed by atoms with Gasteiger partial charge in [0.25, 0.3) is 0 Å². The fourth-order valence-electron chi connectivity index (χ4n) is 4.48. The minimum atomic E-state index is -0.894. The van der Waals surface area contributed by atoms with Crippen molar-refractivity contribution in [2.45, 2.75) is 12.3 Å². The second kappa shape index (κ2) is 7.23. The zero-order chi connectivity index (χ0) is 20.7. The number of benzene rings is 3. The maximum atomic E-state index is 13.3. The van der Waals surface area contributed by atoms with Gasteiger partial charge in [0.15, 0.2) is 17.3 Å². The smallest absolute Gasteiger partial charge is 0.175 e. The van der Waals surface area contributed by atoms with Crippen molar-refractivity contribution in [2.24, 2.45) is 5.92 Å². The van der Waals surface area contributed by atoms with Crippen molar-refractivity contribution in [1.82, 2.24) is 4.98 Å². The van der Waals surface area contributed by atoms with Crippen LogP contribution in [0.3, 0.4) is 0 Å². The van der Waals surface area contributed by atoms with Gasteiger partial charge in [0.05, 0.1) is 5.92 Å². The largest absolute Gasteiger partial charge is 0.361 e. The monoisotopic (exact) mass is 393 g/mol. The molecule has 4 heteroatoms. The molecular weight excluding hydrogens is 374 g/mol. The first kappa shape index (κ1) is 18.3. The average Bonchev–Trinajstić information content (AvgIpc) is 3.32. The predicted octanol–water partition coefficient (Wildman–Crippen LogP) is 5.22. The Bertz CT molecular complexity index is 1250. The second-order valence-corrected chi connectivity index (χ2v) is 7.64. The van der Waals surface area contributed by atoms with Gasteiger partial charge in [0.1, 0.15) is 0 Å². The minimum absolute atomic E-state index is 0.0811. The maximum Gasteiger partial charge on any atom is 0.175 e. The molecule has 1 N–H and O–H groups in total. The van der Waals surface area contributed by atoms with E-state index in [4.69, 9.17) is 0 Å². The van der Waals surface area contributed by atoms with Crippen LogP contribution in [0.25, 0.3) is 10.9 Å². The fraction of sp³-hybridized carbons (Fsp3) is 0.115. The van der Waals surface area contributed by atoms with Gasteiger partial charge in [0.2, 0.25) is 0 Å². The number of ketones is 3.